The van der Waals surface area contributed by atoms with Crippen LogP contribution in [-0.4, -0.2) is 47.6 Å². The number of hydrogen-bond acceptors (Lipinski definition) is 4. The predicted octanol–water partition coefficient (Wildman–Crippen LogP) is 1.89. The van der Waals surface area contributed by atoms with Crippen molar-refractivity contribution in [2.75, 3.05) is 31.2 Å². The molecule has 0 bridgehead atoms. The average molecular weight is 309 g/mol. The Morgan fingerprint density at radius 1 is 1.23 bits per heavy atom. The first-order valence-corrected chi connectivity index (χ1v) is 6.67. The molecule has 1 aromatic carbocycles. The van der Waals surface area contributed by atoms with Gasteiger partial charge in [-0.2, -0.15) is 5.10 Å². The van der Waals surface area contributed by atoms with E-state index >= 15 is 0 Å². The van der Waals surface area contributed by atoms with Crippen molar-refractivity contribution in [3.8, 4) is 11.3 Å². The fraction of sp³-hybridized carbons (Fsp3) is 0.286. The Morgan fingerprint density at radius 2 is 1.91 bits per heavy atom. The summed E-state index contributed by atoms with van der Waals surface area (Å²) in [5, 5.41) is 15.2. The zero-order valence-electron chi connectivity index (χ0n) is 11.5. The van der Waals surface area contributed by atoms with Gasteiger partial charge in [-0.1, -0.05) is 0 Å². The molecule has 2 N–H and O–H groups in total. The number of ether oxygens (including phenoxy) is 1. The van der Waals surface area contributed by atoms with Gasteiger partial charge < -0.3 is 14.7 Å². The first-order chi connectivity index (χ1) is 10.6. The summed E-state index contributed by atoms with van der Waals surface area (Å²) in [7, 11) is 0. The minimum atomic E-state index is -1.17. The van der Waals surface area contributed by atoms with E-state index in [9.17, 15) is 13.6 Å². The maximum Gasteiger partial charge on any atom is 0.353 e. The van der Waals surface area contributed by atoms with Gasteiger partial charge in [-0.25, -0.2) is 13.6 Å². The number of carboxylic acids is 1. The first kappa shape index (κ1) is 14.5. The lowest BCUT2D eigenvalue weighted by Crippen LogP contribution is -2.36. The molecule has 1 saturated heterocycles. The fourth-order valence-electron chi connectivity index (χ4n) is 2.38. The van der Waals surface area contributed by atoms with E-state index in [1.165, 1.54) is 6.07 Å². The maximum absolute atomic E-state index is 13.6. The van der Waals surface area contributed by atoms with Crippen molar-refractivity contribution in [2.24, 2.45) is 0 Å². The zero-order chi connectivity index (χ0) is 15.7. The Morgan fingerprint density at radius 3 is 2.55 bits per heavy atom. The minimum absolute atomic E-state index is 0.118. The SMILES string of the molecule is O=C(O)c1cc(-c2cc(F)c(F)cc2N2CCOCC2)n[nH]1. The average Bonchev–Trinajstić information content (AvgIpc) is 3.00. The Balaban J connectivity index is 2.07. The molecule has 2 aromatic rings. The zero-order valence-corrected chi connectivity index (χ0v) is 11.5. The van der Waals surface area contributed by atoms with Gasteiger partial charge in [-0.15, -0.1) is 0 Å². The molecule has 0 aliphatic carbocycles. The van der Waals surface area contributed by atoms with Crippen LogP contribution in [0, 0.1) is 11.6 Å². The smallest absolute Gasteiger partial charge is 0.353 e. The van der Waals surface area contributed by atoms with E-state index in [2.05, 4.69) is 10.2 Å². The molecule has 0 spiro atoms. The van der Waals surface area contributed by atoms with Gasteiger partial charge in [0.15, 0.2) is 11.6 Å². The van der Waals surface area contributed by atoms with Crippen LogP contribution >= 0.6 is 0 Å². The number of aromatic nitrogens is 2. The van der Waals surface area contributed by atoms with Crippen LogP contribution < -0.4 is 4.90 Å². The van der Waals surface area contributed by atoms with Gasteiger partial charge in [0.1, 0.15) is 5.69 Å². The summed E-state index contributed by atoms with van der Waals surface area (Å²) in [6.07, 6.45) is 0. The summed E-state index contributed by atoms with van der Waals surface area (Å²) in [5.41, 5.74) is 0.931. The molecule has 3 rings (SSSR count). The molecule has 0 amide bonds. The third kappa shape index (κ3) is 2.64. The molecule has 8 heteroatoms. The summed E-state index contributed by atoms with van der Waals surface area (Å²) in [4.78, 5) is 12.8. The number of aromatic amines is 1. The van der Waals surface area contributed by atoms with Gasteiger partial charge >= 0.3 is 5.97 Å². The van der Waals surface area contributed by atoms with Gasteiger partial charge in [0.05, 0.1) is 18.9 Å². The summed E-state index contributed by atoms with van der Waals surface area (Å²) in [5.74, 6) is -3.14. The normalized spacial score (nSPS) is 15.1. The van der Waals surface area contributed by atoms with Crippen LogP contribution in [0.2, 0.25) is 0 Å². The molecule has 0 unspecified atom stereocenters. The van der Waals surface area contributed by atoms with Crippen LogP contribution in [0.4, 0.5) is 14.5 Å². The van der Waals surface area contributed by atoms with Crippen LogP contribution in [0.25, 0.3) is 11.3 Å². The number of anilines is 1. The van der Waals surface area contributed by atoms with Crippen molar-refractivity contribution in [3.05, 3.63) is 35.5 Å². The van der Waals surface area contributed by atoms with E-state index in [4.69, 9.17) is 9.84 Å². The molecule has 1 aliphatic heterocycles. The minimum Gasteiger partial charge on any atom is -0.477 e. The van der Waals surface area contributed by atoms with Crippen LogP contribution in [0.1, 0.15) is 10.5 Å². The van der Waals surface area contributed by atoms with Crippen molar-refractivity contribution >= 4 is 11.7 Å². The number of nitrogens with zero attached hydrogens (tertiary/aromatic N) is 2. The number of rotatable bonds is 3. The van der Waals surface area contributed by atoms with E-state index in [1.807, 2.05) is 4.90 Å². The quantitative estimate of drug-likeness (QED) is 0.905. The molecule has 2 heterocycles. The maximum atomic E-state index is 13.6. The third-order valence-corrected chi connectivity index (χ3v) is 3.47. The van der Waals surface area contributed by atoms with Gasteiger partial charge in [-0.05, 0) is 12.1 Å². The van der Waals surface area contributed by atoms with Crippen molar-refractivity contribution in [1.82, 2.24) is 10.2 Å². The molecule has 6 nitrogen and oxygen atoms in total. The lowest BCUT2D eigenvalue weighted by molar-refractivity contribution is 0.0690. The molecule has 0 atom stereocenters. The Bertz CT molecular complexity index is 711. The number of carboxylic acid groups (broad SMARTS) is 1. The predicted molar refractivity (Wildman–Crippen MR) is 73.9 cm³/mol. The van der Waals surface area contributed by atoms with Gasteiger partial charge in [0.25, 0.3) is 0 Å². The molecule has 1 aliphatic rings. The van der Waals surface area contributed by atoms with Gasteiger partial charge in [-0.3, -0.25) is 5.10 Å². The summed E-state index contributed by atoms with van der Waals surface area (Å²) in [6, 6.07) is 3.42. The second-order valence-electron chi connectivity index (χ2n) is 4.85. The molecule has 0 radical (unpaired) electrons. The van der Waals surface area contributed by atoms with Gasteiger partial charge in [0, 0.05) is 30.4 Å². The van der Waals surface area contributed by atoms with Crippen LogP contribution in [-0.2, 0) is 4.74 Å². The fourth-order valence-corrected chi connectivity index (χ4v) is 2.38. The van der Waals surface area contributed by atoms with Crippen molar-refractivity contribution in [3.63, 3.8) is 0 Å². The van der Waals surface area contributed by atoms with Crippen LogP contribution in [0.5, 0.6) is 0 Å². The molecule has 116 valence electrons. The summed E-state index contributed by atoms with van der Waals surface area (Å²) in [6.45, 7) is 2.04. The highest BCUT2D eigenvalue weighted by Gasteiger charge is 2.21. The molecular formula is C14H13F2N3O3. The number of benzene rings is 1. The Labute approximate surface area is 124 Å². The standard InChI is InChI=1S/C14H13F2N3O3/c15-9-5-8(11-7-12(14(20)21)18-17-11)13(6-10(9)16)19-1-3-22-4-2-19/h5-7H,1-4H2,(H,17,18)(H,20,21). The van der Waals surface area contributed by atoms with E-state index < -0.39 is 17.6 Å². The highest BCUT2D eigenvalue weighted by Crippen LogP contribution is 2.32. The highest BCUT2D eigenvalue weighted by atomic mass is 19.2. The number of nitrogens with one attached hydrogen (secondary N) is 1. The van der Waals surface area contributed by atoms with Crippen LogP contribution in [0.15, 0.2) is 18.2 Å². The Hall–Kier alpha value is -2.48. The number of carbonyl (C=O) groups is 1. The van der Waals surface area contributed by atoms with E-state index in [0.717, 1.165) is 12.1 Å². The molecule has 1 aromatic heterocycles. The van der Waals surface area contributed by atoms with Crippen molar-refractivity contribution < 1.29 is 23.4 Å². The topological polar surface area (TPSA) is 78.4 Å². The molecule has 22 heavy (non-hydrogen) atoms. The number of morpholine rings is 1. The number of aromatic carboxylic acids is 1. The Kier molecular flexibility index (Phi) is 3.76. The number of H-pyrrole nitrogens is 1. The molecule has 1 fully saturated rings. The second kappa shape index (κ2) is 5.72. The third-order valence-electron chi connectivity index (χ3n) is 3.47. The molecular weight excluding hydrogens is 296 g/mol. The van der Waals surface area contributed by atoms with Crippen LogP contribution in [0.3, 0.4) is 0 Å². The lowest BCUT2D eigenvalue weighted by atomic mass is 10.1. The summed E-state index contributed by atoms with van der Waals surface area (Å²) < 4.78 is 32.5. The summed E-state index contributed by atoms with van der Waals surface area (Å²) >= 11 is 0. The monoisotopic (exact) mass is 309 g/mol. The van der Waals surface area contributed by atoms with Crippen molar-refractivity contribution in [1.29, 1.82) is 0 Å². The largest absolute Gasteiger partial charge is 0.477 e. The van der Waals surface area contributed by atoms with E-state index in [-0.39, 0.29) is 11.4 Å². The first-order valence-electron chi connectivity index (χ1n) is 6.67. The van der Waals surface area contributed by atoms with Gasteiger partial charge in [0.2, 0.25) is 0 Å². The van der Waals surface area contributed by atoms with E-state index in [0.29, 0.717) is 37.6 Å². The lowest BCUT2D eigenvalue weighted by Gasteiger charge is -2.30. The molecule has 0 saturated carbocycles. The highest BCUT2D eigenvalue weighted by molar-refractivity contribution is 5.88. The number of hydrogen-bond donors (Lipinski definition) is 2. The second-order valence-corrected chi connectivity index (χ2v) is 4.85. The number of halogens is 2. The van der Waals surface area contributed by atoms with Crippen molar-refractivity contribution in [2.45, 2.75) is 0 Å². The van der Waals surface area contributed by atoms with E-state index in [1.54, 1.807) is 0 Å².